The zero-order valence-corrected chi connectivity index (χ0v) is 11.4. The molecule has 18 heavy (non-hydrogen) atoms. The van der Waals surface area contributed by atoms with E-state index in [2.05, 4.69) is 11.8 Å². The van der Waals surface area contributed by atoms with E-state index in [9.17, 15) is 5.11 Å². The number of benzene rings is 1. The lowest BCUT2D eigenvalue weighted by Gasteiger charge is -2.34. The van der Waals surface area contributed by atoms with Gasteiger partial charge < -0.3 is 9.84 Å². The van der Waals surface area contributed by atoms with E-state index in [1.807, 2.05) is 24.3 Å². The van der Waals surface area contributed by atoms with Gasteiger partial charge in [-0.05, 0) is 37.1 Å². The number of ether oxygens (including phenoxy) is 1. The monoisotopic (exact) mass is 269 g/mol. The molecule has 4 heteroatoms. The first kappa shape index (κ1) is 13.7. The number of aliphatic hydroxyl groups excluding tert-OH is 1. The molecule has 0 aliphatic carbocycles. The zero-order valence-electron chi connectivity index (χ0n) is 10.7. The highest BCUT2D eigenvalue weighted by molar-refractivity contribution is 6.30. The zero-order chi connectivity index (χ0) is 13.0. The average molecular weight is 270 g/mol. The fraction of sp³-hybridized carbons (Fsp3) is 0.571. The summed E-state index contributed by atoms with van der Waals surface area (Å²) in [7, 11) is 0. The maximum absolute atomic E-state index is 9.80. The Morgan fingerprint density at radius 3 is 3.06 bits per heavy atom. The molecule has 1 aromatic carbocycles. The summed E-state index contributed by atoms with van der Waals surface area (Å²) in [5, 5.41) is 10.5. The highest BCUT2D eigenvalue weighted by atomic mass is 35.5. The maximum atomic E-state index is 9.80. The van der Waals surface area contributed by atoms with E-state index in [0.717, 1.165) is 31.8 Å². The van der Waals surface area contributed by atoms with Crippen LogP contribution in [0.2, 0.25) is 5.02 Å². The quantitative estimate of drug-likeness (QED) is 0.911. The van der Waals surface area contributed by atoms with Crippen molar-refractivity contribution in [3.63, 3.8) is 0 Å². The number of hydrogen-bond acceptors (Lipinski definition) is 3. The Kier molecular flexibility index (Phi) is 4.87. The SMILES string of the molecule is CC1CCN(CCOc2cccc(Cl)c2)CC1O. The van der Waals surface area contributed by atoms with Gasteiger partial charge >= 0.3 is 0 Å². The van der Waals surface area contributed by atoms with Crippen molar-refractivity contribution < 1.29 is 9.84 Å². The number of likely N-dealkylation sites (tertiary alicyclic amines) is 1. The Morgan fingerprint density at radius 1 is 1.50 bits per heavy atom. The lowest BCUT2D eigenvalue weighted by molar-refractivity contribution is 0.0244. The number of nitrogens with zero attached hydrogens (tertiary/aromatic N) is 1. The van der Waals surface area contributed by atoms with Crippen molar-refractivity contribution in [2.45, 2.75) is 19.4 Å². The standard InChI is InChI=1S/C14H20ClNO2/c1-11-5-6-16(10-14(11)17)7-8-18-13-4-2-3-12(15)9-13/h2-4,9,11,14,17H,5-8,10H2,1H3. The molecule has 2 rings (SSSR count). The molecule has 0 radical (unpaired) electrons. The number of piperidine rings is 1. The largest absolute Gasteiger partial charge is 0.492 e. The molecule has 3 nitrogen and oxygen atoms in total. The van der Waals surface area contributed by atoms with Crippen LogP contribution in [0.5, 0.6) is 5.75 Å². The van der Waals surface area contributed by atoms with Crippen LogP contribution in [0.15, 0.2) is 24.3 Å². The molecular formula is C14H20ClNO2. The average Bonchev–Trinajstić information content (AvgIpc) is 2.34. The van der Waals surface area contributed by atoms with Gasteiger partial charge in [-0.15, -0.1) is 0 Å². The number of β-amino-alcohol motifs (C(OH)–C–C–N with tert-alkyl or cyclic N) is 1. The highest BCUT2D eigenvalue weighted by Crippen LogP contribution is 2.18. The first-order valence-corrected chi connectivity index (χ1v) is 6.82. The minimum Gasteiger partial charge on any atom is -0.492 e. The van der Waals surface area contributed by atoms with Gasteiger partial charge in [0.05, 0.1) is 6.10 Å². The summed E-state index contributed by atoms with van der Waals surface area (Å²) < 4.78 is 5.64. The molecule has 1 saturated heterocycles. The molecule has 1 fully saturated rings. The van der Waals surface area contributed by atoms with Crippen LogP contribution < -0.4 is 4.74 Å². The smallest absolute Gasteiger partial charge is 0.120 e. The van der Waals surface area contributed by atoms with Crippen molar-refractivity contribution in [2.24, 2.45) is 5.92 Å². The molecule has 1 N–H and O–H groups in total. The Bertz CT molecular complexity index is 386. The van der Waals surface area contributed by atoms with Gasteiger partial charge in [-0.1, -0.05) is 24.6 Å². The van der Waals surface area contributed by atoms with Crippen LogP contribution in [-0.2, 0) is 0 Å². The van der Waals surface area contributed by atoms with Crippen molar-refractivity contribution in [3.05, 3.63) is 29.3 Å². The van der Waals surface area contributed by atoms with E-state index < -0.39 is 0 Å². The molecule has 1 heterocycles. The summed E-state index contributed by atoms with van der Waals surface area (Å²) in [6, 6.07) is 7.43. The van der Waals surface area contributed by atoms with Crippen LogP contribution in [0.3, 0.4) is 0 Å². The molecule has 1 aromatic rings. The number of rotatable bonds is 4. The second kappa shape index (κ2) is 6.41. The molecule has 2 atom stereocenters. The maximum Gasteiger partial charge on any atom is 0.120 e. The van der Waals surface area contributed by atoms with Crippen LogP contribution in [0.1, 0.15) is 13.3 Å². The summed E-state index contributed by atoms with van der Waals surface area (Å²) in [5.41, 5.74) is 0. The summed E-state index contributed by atoms with van der Waals surface area (Å²) in [6.45, 7) is 5.36. The van der Waals surface area contributed by atoms with Crippen molar-refractivity contribution in [2.75, 3.05) is 26.2 Å². The topological polar surface area (TPSA) is 32.7 Å². The third-order valence-corrected chi connectivity index (χ3v) is 3.71. The molecule has 0 aromatic heterocycles. The Morgan fingerprint density at radius 2 is 2.33 bits per heavy atom. The molecule has 1 aliphatic rings. The van der Waals surface area contributed by atoms with Gasteiger partial charge in [-0.3, -0.25) is 4.90 Å². The fourth-order valence-corrected chi connectivity index (χ4v) is 2.35. The summed E-state index contributed by atoms with van der Waals surface area (Å²) in [6.07, 6.45) is 0.850. The number of aliphatic hydroxyl groups is 1. The van der Waals surface area contributed by atoms with Gasteiger partial charge in [-0.2, -0.15) is 0 Å². The molecular weight excluding hydrogens is 250 g/mol. The van der Waals surface area contributed by atoms with Crippen LogP contribution in [-0.4, -0.2) is 42.4 Å². The molecule has 0 saturated carbocycles. The first-order chi connectivity index (χ1) is 8.65. The first-order valence-electron chi connectivity index (χ1n) is 6.44. The number of hydrogen-bond donors (Lipinski definition) is 1. The summed E-state index contributed by atoms with van der Waals surface area (Å²) in [5.74, 6) is 1.21. The molecule has 100 valence electrons. The van der Waals surface area contributed by atoms with Gasteiger partial charge in [0.15, 0.2) is 0 Å². The van der Waals surface area contributed by atoms with Crippen LogP contribution in [0, 0.1) is 5.92 Å². The van der Waals surface area contributed by atoms with Gasteiger partial charge in [0, 0.05) is 18.1 Å². The minimum absolute atomic E-state index is 0.204. The normalized spacial score (nSPS) is 25.1. The minimum atomic E-state index is -0.204. The van der Waals surface area contributed by atoms with E-state index >= 15 is 0 Å². The molecule has 0 bridgehead atoms. The van der Waals surface area contributed by atoms with Gasteiger partial charge in [-0.25, -0.2) is 0 Å². The van der Waals surface area contributed by atoms with E-state index in [1.54, 1.807) is 0 Å². The second-order valence-corrected chi connectivity index (χ2v) is 5.38. The van der Waals surface area contributed by atoms with E-state index in [4.69, 9.17) is 16.3 Å². The van der Waals surface area contributed by atoms with Crippen molar-refractivity contribution >= 4 is 11.6 Å². The van der Waals surface area contributed by atoms with E-state index in [-0.39, 0.29) is 6.10 Å². The summed E-state index contributed by atoms with van der Waals surface area (Å²) >= 11 is 5.88. The Hall–Kier alpha value is -0.770. The lowest BCUT2D eigenvalue weighted by Crippen LogP contribution is -2.44. The predicted molar refractivity (Wildman–Crippen MR) is 73.2 cm³/mol. The Labute approximate surface area is 113 Å². The van der Waals surface area contributed by atoms with Crippen LogP contribution >= 0.6 is 11.6 Å². The molecule has 0 amide bonds. The van der Waals surface area contributed by atoms with Gasteiger partial charge in [0.25, 0.3) is 0 Å². The van der Waals surface area contributed by atoms with Crippen LogP contribution in [0.4, 0.5) is 0 Å². The van der Waals surface area contributed by atoms with E-state index in [0.29, 0.717) is 17.5 Å². The van der Waals surface area contributed by atoms with Gasteiger partial charge in [0.1, 0.15) is 12.4 Å². The van der Waals surface area contributed by atoms with Gasteiger partial charge in [0.2, 0.25) is 0 Å². The van der Waals surface area contributed by atoms with E-state index in [1.165, 1.54) is 0 Å². The van der Waals surface area contributed by atoms with Crippen molar-refractivity contribution in [1.82, 2.24) is 4.90 Å². The Balaban J connectivity index is 1.72. The number of halogens is 1. The second-order valence-electron chi connectivity index (χ2n) is 4.94. The van der Waals surface area contributed by atoms with Crippen molar-refractivity contribution in [1.29, 1.82) is 0 Å². The van der Waals surface area contributed by atoms with Crippen LogP contribution in [0.25, 0.3) is 0 Å². The third kappa shape index (κ3) is 3.87. The highest BCUT2D eigenvalue weighted by Gasteiger charge is 2.23. The third-order valence-electron chi connectivity index (χ3n) is 3.48. The molecule has 1 aliphatic heterocycles. The fourth-order valence-electron chi connectivity index (χ4n) is 2.17. The molecule has 2 unspecified atom stereocenters. The predicted octanol–water partition coefficient (Wildman–Crippen LogP) is 2.42. The lowest BCUT2D eigenvalue weighted by atomic mass is 9.96. The molecule has 0 spiro atoms. The van der Waals surface area contributed by atoms with Crippen molar-refractivity contribution in [3.8, 4) is 5.75 Å². The summed E-state index contributed by atoms with van der Waals surface area (Å²) in [4.78, 5) is 2.25.